The molecule has 2 aromatic rings. The summed E-state index contributed by atoms with van der Waals surface area (Å²) in [6.07, 6.45) is 4.85. The molecular formula is C17H15N7O2S. The van der Waals surface area contributed by atoms with E-state index in [0.29, 0.717) is 34.1 Å². The molecule has 1 saturated heterocycles. The van der Waals surface area contributed by atoms with E-state index in [9.17, 15) is 14.9 Å². The first-order valence-corrected chi connectivity index (χ1v) is 8.81. The number of hydrogen-bond donors (Lipinski definition) is 3. The first kappa shape index (κ1) is 18.2. The minimum Gasteiger partial charge on any atom is -0.315 e. The van der Waals surface area contributed by atoms with Gasteiger partial charge in [-0.3, -0.25) is 14.7 Å². The van der Waals surface area contributed by atoms with Crippen LogP contribution in [0.25, 0.3) is 11.4 Å². The van der Waals surface area contributed by atoms with Crippen LogP contribution in [0, 0.1) is 16.7 Å². The van der Waals surface area contributed by atoms with Crippen LogP contribution >= 0.6 is 11.3 Å². The third kappa shape index (κ3) is 3.68. The lowest BCUT2D eigenvalue weighted by Crippen LogP contribution is -2.42. The number of allylic oxidation sites excluding steroid dienone is 3. The zero-order valence-electron chi connectivity index (χ0n) is 14.2. The first-order chi connectivity index (χ1) is 13.0. The van der Waals surface area contributed by atoms with Gasteiger partial charge in [0.1, 0.15) is 23.9 Å². The lowest BCUT2D eigenvalue weighted by Gasteiger charge is -2.29. The Morgan fingerprint density at radius 2 is 2.37 bits per heavy atom. The normalized spacial score (nSPS) is 15.7. The van der Waals surface area contributed by atoms with E-state index in [0.717, 1.165) is 0 Å². The number of nitriles is 1. The second-order valence-electron chi connectivity index (χ2n) is 5.59. The fraction of sp³-hybridized carbons (Fsp3) is 0.176. The van der Waals surface area contributed by atoms with E-state index < -0.39 is 5.91 Å². The van der Waals surface area contributed by atoms with Crippen LogP contribution in [0.3, 0.4) is 0 Å². The Bertz CT molecular complexity index is 982. The molecule has 1 aliphatic heterocycles. The number of piperidine rings is 1. The van der Waals surface area contributed by atoms with Crippen molar-refractivity contribution in [2.75, 3.05) is 11.9 Å². The molecule has 10 heteroatoms. The van der Waals surface area contributed by atoms with E-state index in [2.05, 4.69) is 33.1 Å². The summed E-state index contributed by atoms with van der Waals surface area (Å²) in [5.74, 6) is -0.306. The second kappa shape index (κ2) is 7.76. The summed E-state index contributed by atoms with van der Waals surface area (Å²) in [5.41, 5.74) is 1.46. The van der Waals surface area contributed by atoms with E-state index in [1.54, 1.807) is 11.5 Å². The van der Waals surface area contributed by atoms with Crippen LogP contribution in [0.2, 0.25) is 0 Å². The molecule has 2 aromatic heterocycles. The number of aromatic amines is 1. The molecule has 0 unspecified atom stereocenters. The summed E-state index contributed by atoms with van der Waals surface area (Å²) < 4.78 is 0. The Kier molecular flexibility index (Phi) is 5.23. The molecule has 2 amide bonds. The van der Waals surface area contributed by atoms with E-state index in [4.69, 9.17) is 5.41 Å². The molecule has 0 bridgehead atoms. The summed E-state index contributed by atoms with van der Waals surface area (Å²) in [5, 5.41) is 28.5. The molecule has 1 aliphatic rings. The summed E-state index contributed by atoms with van der Waals surface area (Å²) >= 11 is 1.18. The van der Waals surface area contributed by atoms with Crippen LogP contribution in [0.15, 0.2) is 36.1 Å². The minimum atomic E-state index is -0.444. The number of anilines is 1. The van der Waals surface area contributed by atoms with Gasteiger partial charge in [0.2, 0.25) is 11.8 Å². The van der Waals surface area contributed by atoms with Crippen molar-refractivity contribution in [2.45, 2.75) is 12.8 Å². The summed E-state index contributed by atoms with van der Waals surface area (Å²) in [6, 6.07) is 2.05. The van der Waals surface area contributed by atoms with Crippen molar-refractivity contribution in [2.24, 2.45) is 0 Å². The van der Waals surface area contributed by atoms with Gasteiger partial charge in [-0.25, -0.2) is 4.98 Å². The number of H-pyrrole nitrogens is 1. The van der Waals surface area contributed by atoms with E-state index in [1.807, 2.05) is 0 Å². The van der Waals surface area contributed by atoms with Crippen molar-refractivity contribution in [3.05, 3.63) is 41.7 Å². The lowest BCUT2D eigenvalue weighted by atomic mass is 10.0. The van der Waals surface area contributed by atoms with Gasteiger partial charge in [0.15, 0.2) is 5.82 Å². The molecule has 0 spiro atoms. The molecule has 27 heavy (non-hydrogen) atoms. The Hall–Kier alpha value is -3.58. The maximum Gasteiger partial charge on any atom is 0.245 e. The third-order valence-electron chi connectivity index (χ3n) is 3.88. The molecule has 3 rings (SSSR count). The second-order valence-corrected chi connectivity index (χ2v) is 6.47. The SMILES string of the molecule is C=C/C=C1\C(=N)CCC(=O)N1CC(=O)Nc1scc(C#N)c1-c1ncn[nH]1. The standard InChI is InChI=1S/C17H15N7O2S/c1-2-3-12-11(19)4-5-14(26)24(12)7-13(25)22-17-15(10(6-18)8-27-17)16-20-9-21-23-16/h2-3,8-9,19H,1,4-5,7H2,(H,22,25)(H,20,21,23)/b12-3+,19-11?. The van der Waals surface area contributed by atoms with Gasteiger partial charge in [0, 0.05) is 11.8 Å². The monoisotopic (exact) mass is 381 g/mol. The largest absolute Gasteiger partial charge is 0.315 e. The van der Waals surface area contributed by atoms with E-state index in [1.165, 1.54) is 28.6 Å². The fourth-order valence-electron chi connectivity index (χ4n) is 2.67. The van der Waals surface area contributed by atoms with Crippen molar-refractivity contribution in [1.29, 1.82) is 10.7 Å². The maximum atomic E-state index is 12.6. The quantitative estimate of drug-likeness (QED) is 0.727. The average Bonchev–Trinajstić information content (AvgIpc) is 3.30. The zero-order chi connectivity index (χ0) is 19.4. The predicted molar refractivity (Wildman–Crippen MR) is 100.0 cm³/mol. The highest BCUT2D eigenvalue weighted by atomic mass is 32.1. The molecule has 0 aromatic carbocycles. The van der Waals surface area contributed by atoms with Crippen molar-refractivity contribution in [1.82, 2.24) is 20.1 Å². The number of nitrogens with zero attached hydrogens (tertiary/aromatic N) is 4. The number of nitrogens with one attached hydrogen (secondary N) is 3. The predicted octanol–water partition coefficient (Wildman–Crippen LogP) is 2.06. The summed E-state index contributed by atoms with van der Waals surface area (Å²) in [6.45, 7) is 3.35. The van der Waals surface area contributed by atoms with Crippen LogP contribution in [-0.4, -0.2) is 44.2 Å². The van der Waals surface area contributed by atoms with Crippen LogP contribution in [0.4, 0.5) is 5.00 Å². The highest BCUT2D eigenvalue weighted by Crippen LogP contribution is 2.35. The summed E-state index contributed by atoms with van der Waals surface area (Å²) in [7, 11) is 0. The van der Waals surface area contributed by atoms with Gasteiger partial charge in [-0.2, -0.15) is 10.4 Å². The Morgan fingerprint density at radius 1 is 1.56 bits per heavy atom. The Balaban J connectivity index is 1.82. The molecule has 9 nitrogen and oxygen atoms in total. The molecule has 0 aliphatic carbocycles. The van der Waals surface area contributed by atoms with Gasteiger partial charge >= 0.3 is 0 Å². The fourth-order valence-corrected chi connectivity index (χ4v) is 3.57. The van der Waals surface area contributed by atoms with Gasteiger partial charge in [-0.15, -0.1) is 11.3 Å². The van der Waals surface area contributed by atoms with Crippen molar-refractivity contribution >= 4 is 33.9 Å². The molecule has 0 radical (unpaired) electrons. The zero-order valence-corrected chi connectivity index (χ0v) is 15.0. The van der Waals surface area contributed by atoms with Gasteiger partial charge < -0.3 is 15.6 Å². The number of hydrogen-bond acceptors (Lipinski definition) is 7. The molecule has 0 atom stereocenters. The van der Waals surface area contributed by atoms with Crippen LogP contribution in [-0.2, 0) is 9.59 Å². The first-order valence-electron chi connectivity index (χ1n) is 7.93. The number of likely N-dealkylation sites (tertiary alicyclic amines) is 1. The van der Waals surface area contributed by atoms with Gasteiger partial charge in [0.25, 0.3) is 0 Å². The van der Waals surface area contributed by atoms with Crippen molar-refractivity contribution < 1.29 is 9.59 Å². The number of rotatable bonds is 5. The molecular weight excluding hydrogens is 366 g/mol. The molecule has 1 fully saturated rings. The smallest absolute Gasteiger partial charge is 0.245 e. The number of thiophene rings is 1. The number of amides is 2. The van der Waals surface area contributed by atoms with Gasteiger partial charge in [-0.05, 0) is 12.5 Å². The van der Waals surface area contributed by atoms with Crippen LogP contribution in [0.5, 0.6) is 0 Å². The number of carbonyl (C=O) groups excluding carboxylic acids is 2. The molecule has 136 valence electrons. The molecule has 0 saturated carbocycles. The van der Waals surface area contributed by atoms with Crippen LogP contribution < -0.4 is 5.32 Å². The Morgan fingerprint density at radius 3 is 3.04 bits per heavy atom. The topological polar surface area (TPSA) is 139 Å². The third-order valence-corrected chi connectivity index (χ3v) is 4.78. The number of aromatic nitrogens is 3. The van der Waals surface area contributed by atoms with Gasteiger partial charge in [0.05, 0.1) is 22.5 Å². The van der Waals surface area contributed by atoms with Crippen molar-refractivity contribution in [3.63, 3.8) is 0 Å². The van der Waals surface area contributed by atoms with Crippen molar-refractivity contribution in [3.8, 4) is 17.5 Å². The van der Waals surface area contributed by atoms with E-state index >= 15 is 0 Å². The van der Waals surface area contributed by atoms with Crippen LogP contribution in [0.1, 0.15) is 18.4 Å². The Labute approximate surface area is 158 Å². The maximum absolute atomic E-state index is 12.6. The van der Waals surface area contributed by atoms with Gasteiger partial charge in [-0.1, -0.05) is 12.7 Å². The summed E-state index contributed by atoms with van der Waals surface area (Å²) in [4.78, 5) is 30.1. The minimum absolute atomic E-state index is 0.182. The average molecular weight is 381 g/mol. The lowest BCUT2D eigenvalue weighted by molar-refractivity contribution is -0.132. The van der Waals surface area contributed by atoms with E-state index in [-0.39, 0.29) is 24.6 Å². The molecule has 3 heterocycles. The highest BCUT2D eigenvalue weighted by molar-refractivity contribution is 7.15. The number of carbonyl (C=O) groups is 2. The molecule has 3 N–H and O–H groups in total. The highest BCUT2D eigenvalue weighted by Gasteiger charge is 2.29.